The first-order chi connectivity index (χ1) is 20.8. The summed E-state index contributed by atoms with van der Waals surface area (Å²) in [6, 6.07) is 9.14. The second kappa shape index (κ2) is 9.73. The zero-order valence-electron chi connectivity index (χ0n) is 23.3. The number of morpholine rings is 1. The van der Waals surface area contributed by atoms with Crippen LogP contribution in [0.1, 0.15) is 31.2 Å². The number of rotatable bonds is 5. The van der Waals surface area contributed by atoms with Gasteiger partial charge in [0.05, 0.1) is 36.4 Å². The van der Waals surface area contributed by atoms with E-state index in [1.165, 1.54) is 24.3 Å². The summed E-state index contributed by atoms with van der Waals surface area (Å²) in [5, 5.41) is 11.8. The minimum Gasteiger partial charge on any atom is -0.508 e. The Hall–Kier alpha value is -4.07. The zero-order valence-corrected chi connectivity index (χ0v) is 23.3. The predicted molar refractivity (Wildman–Crippen MR) is 156 cm³/mol. The number of terminal acetylenes is 1. The van der Waals surface area contributed by atoms with E-state index in [4.69, 9.17) is 20.9 Å². The molecule has 220 valence electrons. The zero-order chi connectivity index (χ0) is 29.5. The van der Waals surface area contributed by atoms with E-state index in [-0.39, 0.29) is 52.7 Å². The highest BCUT2D eigenvalue weighted by molar-refractivity contribution is 6.04. The number of phenols is 1. The molecule has 5 heterocycles. The fourth-order valence-electron chi connectivity index (χ4n) is 7.71. The van der Waals surface area contributed by atoms with Gasteiger partial charge in [-0.1, -0.05) is 18.1 Å². The summed E-state index contributed by atoms with van der Waals surface area (Å²) >= 11 is 0. The Labute approximate surface area is 246 Å². The molecule has 4 aliphatic rings. The molecule has 0 radical (unpaired) electrons. The van der Waals surface area contributed by atoms with Gasteiger partial charge in [-0.25, -0.2) is 13.2 Å². The van der Waals surface area contributed by atoms with Crippen molar-refractivity contribution < 1.29 is 27.8 Å². The monoisotopic (exact) mass is 586 g/mol. The minimum atomic E-state index is -0.910. The van der Waals surface area contributed by atoms with Crippen LogP contribution in [0.15, 0.2) is 36.4 Å². The second-order valence-electron chi connectivity index (χ2n) is 12.2. The fourth-order valence-corrected chi connectivity index (χ4v) is 7.71. The number of hydrogen-bond donors (Lipinski definition) is 1. The maximum Gasteiger partial charge on any atom is 0.319 e. The molecule has 1 aromatic heterocycles. The first kappa shape index (κ1) is 26.5. The largest absolute Gasteiger partial charge is 0.508 e. The van der Waals surface area contributed by atoms with Gasteiger partial charge in [0.15, 0.2) is 5.82 Å². The fraction of sp³-hybridized carbons (Fsp3) is 0.394. The molecular formula is C33H29F3N4O3. The summed E-state index contributed by atoms with van der Waals surface area (Å²) in [6.07, 6.45) is 7.89. The van der Waals surface area contributed by atoms with E-state index in [1.54, 1.807) is 12.1 Å². The number of benzene rings is 3. The average Bonchev–Trinajstić information content (AvgIpc) is 3.52. The van der Waals surface area contributed by atoms with Crippen molar-refractivity contribution >= 4 is 27.5 Å². The van der Waals surface area contributed by atoms with Crippen LogP contribution in [0.3, 0.4) is 0 Å². The number of anilines is 1. The number of hydrogen-bond acceptors (Lipinski definition) is 7. The number of aromatic hydroxyl groups is 1. The third kappa shape index (κ3) is 4.05. The lowest BCUT2D eigenvalue weighted by molar-refractivity contribution is 0.00977. The summed E-state index contributed by atoms with van der Waals surface area (Å²) < 4.78 is 57.8. The van der Waals surface area contributed by atoms with E-state index < -0.39 is 23.3 Å². The van der Waals surface area contributed by atoms with Crippen LogP contribution in [-0.4, -0.2) is 76.7 Å². The first-order valence-corrected chi connectivity index (χ1v) is 14.7. The molecule has 0 aliphatic carbocycles. The maximum atomic E-state index is 16.7. The van der Waals surface area contributed by atoms with E-state index in [9.17, 15) is 13.9 Å². The number of ether oxygens (including phenoxy) is 2. The molecule has 2 bridgehead atoms. The molecule has 43 heavy (non-hydrogen) atoms. The van der Waals surface area contributed by atoms with Crippen LogP contribution >= 0.6 is 0 Å². The van der Waals surface area contributed by atoms with Crippen molar-refractivity contribution in [2.75, 3.05) is 37.8 Å². The van der Waals surface area contributed by atoms with Crippen molar-refractivity contribution in [3.63, 3.8) is 0 Å². The molecule has 10 heteroatoms. The Balaban J connectivity index is 1.28. The van der Waals surface area contributed by atoms with Crippen LogP contribution in [0.2, 0.25) is 0 Å². The smallest absolute Gasteiger partial charge is 0.319 e. The molecule has 7 nitrogen and oxygen atoms in total. The Morgan fingerprint density at radius 1 is 1.12 bits per heavy atom. The van der Waals surface area contributed by atoms with E-state index in [0.717, 1.165) is 25.8 Å². The standard InChI is InChI=1S/C33H29F3N4O3/c1-2-23-27(35)7-4-18-10-22(41)12-26(28(18)23)24-5-6-25-30(29(24)36)37-32(38-31(25)40-20-11-21(40)16-42-15-20)43-17-33-8-3-9-39(33)14-19(34)13-33/h1,4-7,10,12,19-21,41H,3,8-9,11,13-17H2/t19-,20?,21?,33+/m1/s1. The number of phenolic OH excluding ortho intramolecular Hbond substituents is 1. The van der Waals surface area contributed by atoms with Crippen molar-refractivity contribution in [2.45, 2.75) is 49.5 Å². The molecule has 3 aromatic carbocycles. The van der Waals surface area contributed by atoms with Crippen molar-refractivity contribution in [1.29, 1.82) is 0 Å². The normalized spacial score (nSPS) is 26.5. The number of alkyl halides is 1. The molecule has 2 unspecified atom stereocenters. The summed E-state index contributed by atoms with van der Waals surface area (Å²) in [5.74, 6) is 1.55. The highest BCUT2D eigenvalue weighted by Crippen LogP contribution is 2.44. The summed E-state index contributed by atoms with van der Waals surface area (Å²) in [7, 11) is 0. The van der Waals surface area contributed by atoms with Gasteiger partial charge in [-0.05, 0) is 61.0 Å². The van der Waals surface area contributed by atoms with Gasteiger partial charge in [0.2, 0.25) is 0 Å². The number of fused-ring (bicyclic) bond motifs is 5. The molecule has 0 saturated carbocycles. The molecule has 4 aromatic rings. The van der Waals surface area contributed by atoms with Crippen molar-refractivity contribution in [2.24, 2.45) is 0 Å². The molecule has 4 atom stereocenters. The van der Waals surface area contributed by atoms with Gasteiger partial charge in [-0.2, -0.15) is 9.97 Å². The summed E-state index contributed by atoms with van der Waals surface area (Å²) in [6.45, 7) is 2.51. The second-order valence-corrected chi connectivity index (χ2v) is 12.2. The van der Waals surface area contributed by atoms with Crippen molar-refractivity contribution in [3.8, 4) is 35.2 Å². The van der Waals surface area contributed by atoms with Crippen molar-refractivity contribution in [1.82, 2.24) is 14.9 Å². The van der Waals surface area contributed by atoms with Gasteiger partial charge in [0.1, 0.15) is 35.7 Å². The minimum absolute atomic E-state index is 0.0177. The van der Waals surface area contributed by atoms with Gasteiger partial charge in [-0.15, -0.1) is 6.42 Å². The van der Waals surface area contributed by atoms with E-state index >= 15 is 4.39 Å². The molecule has 4 saturated heterocycles. The summed E-state index contributed by atoms with van der Waals surface area (Å²) in [4.78, 5) is 13.6. The number of aromatic nitrogens is 2. The molecule has 4 fully saturated rings. The van der Waals surface area contributed by atoms with Crippen LogP contribution in [0, 0.1) is 24.0 Å². The Morgan fingerprint density at radius 2 is 1.95 bits per heavy atom. The molecule has 4 aliphatic heterocycles. The maximum absolute atomic E-state index is 16.7. The predicted octanol–water partition coefficient (Wildman–Crippen LogP) is 5.35. The Kier molecular flexibility index (Phi) is 6.01. The SMILES string of the molecule is C#Cc1c(F)ccc2cc(O)cc(-c3ccc4c(N5C6COCC5C6)nc(OC[C@@]56CCCN5C[C@H](F)C6)nc4c3F)c12. The molecule has 0 spiro atoms. The third-order valence-corrected chi connectivity index (χ3v) is 9.68. The first-order valence-electron chi connectivity index (χ1n) is 14.7. The van der Waals surface area contributed by atoms with Gasteiger partial charge < -0.3 is 19.5 Å². The Morgan fingerprint density at radius 3 is 2.74 bits per heavy atom. The average molecular weight is 587 g/mol. The Bertz CT molecular complexity index is 1830. The highest BCUT2D eigenvalue weighted by Gasteiger charge is 2.49. The quantitative estimate of drug-likeness (QED) is 0.317. The third-order valence-electron chi connectivity index (χ3n) is 9.68. The van der Waals surface area contributed by atoms with Gasteiger partial charge in [0, 0.05) is 29.3 Å². The van der Waals surface area contributed by atoms with Crippen LogP contribution in [0.25, 0.3) is 32.8 Å². The summed E-state index contributed by atoms with van der Waals surface area (Å²) in [5.41, 5.74) is -0.0470. The molecule has 1 N–H and O–H groups in total. The van der Waals surface area contributed by atoms with Gasteiger partial charge in [-0.3, -0.25) is 4.90 Å². The lowest BCUT2D eigenvalue weighted by Gasteiger charge is -2.53. The molecule has 8 rings (SSSR count). The van der Waals surface area contributed by atoms with Crippen LogP contribution in [0.4, 0.5) is 19.0 Å². The number of halogens is 3. The molecule has 0 amide bonds. The van der Waals surface area contributed by atoms with Gasteiger partial charge in [0.25, 0.3) is 0 Å². The van der Waals surface area contributed by atoms with Crippen LogP contribution in [0.5, 0.6) is 11.8 Å². The lowest BCUT2D eigenvalue weighted by Crippen LogP contribution is -2.64. The van der Waals surface area contributed by atoms with Gasteiger partial charge >= 0.3 is 6.01 Å². The van der Waals surface area contributed by atoms with Crippen molar-refractivity contribution in [3.05, 3.63) is 53.6 Å². The van der Waals surface area contributed by atoms with E-state index in [0.29, 0.717) is 48.2 Å². The lowest BCUT2D eigenvalue weighted by atomic mass is 9.90. The van der Waals surface area contributed by atoms with E-state index in [2.05, 4.69) is 20.7 Å². The highest BCUT2D eigenvalue weighted by atomic mass is 19.1. The molecular weight excluding hydrogens is 557 g/mol. The van der Waals surface area contributed by atoms with Crippen LogP contribution in [-0.2, 0) is 4.74 Å². The number of nitrogens with zero attached hydrogens (tertiary/aromatic N) is 4. The van der Waals surface area contributed by atoms with E-state index in [1.807, 2.05) is 0 Å². The van der Waals surface area contributed by atoms with Crippen LogP contribution < -0.4 is 9.64 Å². The topological polar surface area (TPSA) is 71.0 Å².